The molecule has 0 fully saturated rings. The van der Waals surface area contributed by atoms with Gasteiger partial charge in [0, 0.05) is 22.1 Å². The van der Waals surface area contributed by atoms with E-state index in [4.69, 9.17) is 5.73 Å². The number of alkyl halides is 3. The maximum absolute atomic E-state index is 12.8. The van der Waals surface area contributed by atoms with Gasteiger partial charge in [0.25, 0.3) is 0 Å². The molecule has 108 valence electrons. The Labute approximate surface area is 113 Å². The van der Waals surface area contributed by atoms with Gasteiger partial charge in [-0.25, -0.2) is 0 Å². The number of nitrogens with two attached hydrogens (primary N) is 1. The van der Waals surface area contributed by atoms with E-state index in [2.05, 4.69) is 4.98 Å². The SMILES string of the molecule is NC1(CO)CCc2[nH]c3ccc(C(F)(F)F)cc3c2C1. The highest BCUT2D eigenvalue weighted by Gasteiger charge is 2.34. The highest BCUT2D eigenvalue weighted by Crippen LogP contribution is 2.36. The van der Waals surface area contributed by atoms with E-state index in [0.29, 0.717) is 30.2 Å². The minimum Gasteiger partial charge on any atom is -0.394 e. The van der Waals surface area contributed by atoms with Gasteiger partial charge < -0.3 is 15.8 Å². The van der Waals surface area contributed by atoms with E-state index in [-0.39, 0.29) is 6.61 Å². The zero-order chi connectivity index (χ0) is 14.5. The van der Waals surface area contributed by atoms with Crippen molar-refractivity contribution in [3.05, 3.63) is 35.0 Å². The smallest absolute Gasteiger partial charge is 0.394 e. The molecule has 1 aliphatic carbocycles. The molecule has 1 aromatic carbocycles. The fraction of sp³-hybridized carbons (Fsp3) is 0.429. The molecule has 1 unspecified atom stereocenters. The number of fused-ring (bicyclic) bond motifs is 3. The third-order valence-corrected chi connectivity index (χ3v) is 4.04. The summed E-state index contributed by atoms with van der Waals surface area (Å²) in [4.78, 5) is 3.15. The molecule has 1 atom stereocenters. The Morgan fingerprint density at radius 1 is 1.35 bits per heavy atom. The third-order valence-electron chi connectivity index (χ3n) is 4.04. The van der Waals surface area contributed by atoms with Crippen LogP contribution in [-0.4, -0.2) is 22.2 Å². The first-order valence-corrected chi connectivity index (χ1v) is 6.43. The molecule has 0 aliphatic heterocycles. The summed E-state index contributed by atoms with van der Waals surface area (Å²) in [6, 6.07) is 3.69. The van der Waals surface area contributed by atoms with Crippen molar-refractivity contribution in [1.82, 2.24) is 4.98 Å². The van der Waals surface area contributed by atoms with E-state index in [0.717, 1.165) is 23.4 Å². The number of nitrogens with one attached hydrogen (secondary N) is 1. The van der Waals surface area contributed by atoms with Crippen molar-refractivity contribution in [2.24, 2.45) is 5.73 Å². The van der Waals surface area contributed by atoms with Crippen LogP contribution in [0.4, 0.5) is 13.2 Å². The van der Waals surface area contributed by atoms with Gasteiger partial charge in [0.1, 0.15) is 0 Å². The molecule has 20 heavy (non-hydrogen) atoms. The number of halogens is 3. The van der Waals surface area contributed by atoms with Crippen LogP contribution in [0.2, 0.25) is 0 Å². The number of hydrogen-bond acceptors (Lipinski definition) is 2. The van der Waals surface area contributed by atoms with Gasteiger partial charge in [0.15, 0.2) is 0 Å². The monoisotopic (exact) mass is 284 g/mol. The Kier molecular flexibility index (Phi) is 2.85. The van der Waals surface area contributed by atoms with Gasteiger partial charge in [-0.05, 0) is 43.0 Å². The fourth-order valence-electron chi connectivity index (χ4n) is 2.84. The standard InChI is InChI=1S/C14H15F3N2O/c15-14(16,17)8-1-2-11-9(5-8)10-6-13(18,7-20)4-3-12(10)19-11/h1-2,5,19-20H,3-4,6-7,18H2. The molecule has 2 aromatic rings. The summed E-state index contributed by atoms with van der Waals surface area (Å²) >= 11 is 0. The lowest BCUT2D eigenvalue weighted by molar-refractivity contribution is -0.137. The normalized spacial score (nSPS) is 23.1. The molecule has 0 radical (unpaired) electrons. The van der Waals surface area contributed by atoms with Gasteiger partial charge in [-0.2, -0.15) is 13.2 Å². The summed E-state index contributed by atoms with van der Waals surface area (Å²) in [5, 5.41) is 9.91. The molecule has 6 heteroatoms. The molecule has 0 saturated carbocycles. The number of aromatic nitrogens is 1. The maximum Gasteiger partial charge on any atom is 0.416 e. The summed E-state index contributed by atoms with van der Waals surface area (Å²) in [5.74, 6) is 0. The van der Waals surface area contributed by atoms with Crippen molar-refractivity contribution in [3.8, 4) is 0 Å². The molecule has 3 nitrogen and oxygen atoms in total. The van der Waals surface area contributed by atoms with Crippen LogP contribution in [0, 0.1) is 0 Å². The first kappa shape index (κ1) is 13.5. The molecule has 1 aliphatic rings. The molecule has 0 amide bonds. The molecular weight excluding hydrogens is 269 g/mol. The Morgan fingerprint density at radius 3 is 2.75 bits per heavy atom. The van der Waals surface area contributed by atoms with E-state index in [1.807, 2.05) is 0 Å². The van der Waals surface area contributed by atoms with Gasteiger partial charge in [-0.15, -0.1) is 0 Å². The minimum absolute atomic E-state index is 0.169. The summed E-state index contributed by atoms with van der Waals surface area (Å²) in [6.45, 7) is -0.169. The Hall–Kier alpha value is -1.53. The average molecular weight is 284 g/mol. The molecule has 0 spiro atoms. The summed E-state index contributed by atoms with van der Waals surface area (Å²) in [6.07, 6.45) is -2.71. The molecule has 3 rings (SSSR count). The number of aliphatic hydroxyl groups excluding tert-OH is 1. The Balaban J connectivity index is 2.14. The molecule has 1 heterocycles. The van der Waals surface area contributed by atoms with Crippen LogP contribution < -0.4 is 5.73 Å². The van der Waals surface area contributed by atoms with Gasteiger partial charge in [0.05, 0.1) is 12.2 Å². The van der Waals surface area contributed by atoms with Crippen LogP contribution in [-0.2, 0) is 19.0 Å². The predicted molar refractivity (Wildman–Crippen MR) is 69.3 cm³/mol. The lowest BCUT2D eigenvalue weighted by Crippen LogP contribution is -2.48. The quantitative estimate of drug-likeness (QED) is 0.753. The summed E-state index contributed by atoms with van der Waals surface area (Å²) < 4.78 is 38.4. The average Bonchev–Trinajstić information content (AvgIpc) is 2.75. The van der Waals surface area contributed by atoms with Crippen LogP contribution in [0.1, 0.15) is 23.2 Å². The van der Waals surface area contributed by atoms with Crippen molar-refractivity contribution in [1.29, 1.82) is 0 Å². The van der Waals surface area contributed by atoms with Gasteiger partial charge in [-0.3, -0.25) is 0 Å². The van der Waals surface area contributed by atoms with E-state index >= 15 is 0 Å². The van der Waals surface area contributed by atoms with E-state index in [1.54, 1.807) is 0 Å². The van der Waals surface area contributed by atoms with Crippen molar-refractivity contribution < 1.29 is 18.3 Å². The summed E-state index contributed by atoms with van der Waals surface area (Å²) in [5.41, 5.74) is 7.07. The number of aliphatic hydroxyl groups is 1. The first-order chi connectivity index (χ1) is 9.32. The number of rotatable bonds is 1. The van der Waals surface area contributed by atoms with E-state index in [9.17, 15) is 18.3 Å². The van der Waals surface area contributed by atoms with Gasteiger partial charge in [-0.1, -0.05) is 0 Å². The highest BCUT2D eigenvalue weighted by atomic mass is 19.4. The highest BCUT2D eigenvalue weighted by molar-refractivity contribution is 5.86. The molecule has 1 aromatic heterocycles. The lowest BCUT2D eigenvalue weighted by atomic mass is 9.81. The Morgan fingerprint density at radius 2 is 2.10 bits per heavy atom. The van der Waals surface area contributed by atoms with Crippen LogP contribution >= 0.6 is 0 Å². The van der Waals surface area contributed by atoms with Gasteiger partial charge in [0.2, 0.25) is 0 Å². The second-order valence-electron chi connectivity index (χ2n) is 5.54. The first-order valence-electron chi connectivity index (χ1n) is 6.43. The van der Waals surface area contributed by atoms with Crippen LogP contribution in [0.3, 0.4) is 0 Å². The molecule has 0 saturated heterocycles. The number of aryl methyl sites for hydroxylation is 1. The maximum atomic E-state index is 12.8. The van der Waals surface area contributed by atoms with E-state index < -0.39 is 17.3 Å². The second-order valence-corrected chi connectivity index (χ2v) is 5.54. The minimum atomic E-state index is -4.36. The third kappa shape index (κ3) is 2.09. The van der Waals surface area contributed by atoms with Crippen molar-refractivity contribution in [3.63, 3.8) is 0 Å². The zero-order valence-corrected chi connectivity index (χ0v) is 10.7. The lowest BCUT2D eigenvalue weighted by Gasteiger charge is -2.31. The number of aromatic amines is 1. The van der Waals surface area contributed by atoms with Crippen LogP contribution in [0.5, 0.6) is 0 Å². The van der Waals surface area contributed by atoms with Gasteiger partial charge >= 0.3 is 6.18 Å². The zero-order valence-electron chi connectivity index (χ0n) is 10.7. The fourth-order valence-corrected chi connectivity index (χ4v) is 2.84. The van der Waals surface area contributed by atoms with Crippen LogP contribution in [0.25, 0.3) is 10.9 Å². The number of H-pyrrole nitrogens is 1. The molecular formula is C14H15F3N2O. The number of hydrogen-bond donors (Lipinski definition) is 3. The van der Waals surface area contributed by atoms with Crippen molar-refractivity contribution >= 4 is 10.9 Å². The predicted octanol–water partition coefficient (Wildman–Crippen LogP) is 2.37. The summed E-state index contributed by atoms with van der Waals surface area (Å²) in [7, 11) is 0. The van der Waals surface area contributed by atoms with E-state index in [1.165, 1.54) is 6.07 Å². The van der Waals surface area contributed by atoms with Crippen molar-refractivity contribution in [2.75, 3.05) is 6.61 Å². The second kappa shape index (κ2) is 4.23. The van der Waals surface area contributed by atoms with Crippen LogP contribution in [0.15, 0.2) is 18.2 Å². The van der Waals surface area contributed by atoms with Crippen molar-refractivity contribution in [2.45, 2.75) is 31.0 Å². The topological polar surface area (TPSA) is 62.0 Å². The molecule has 0 bridgehead atoms. The largest absolute Gasteiger partial charge is 0.416 e. The molecule has 4 N–H and O–H groups in total. The number of benzene rings is 1. The Bertz CT molecular complexity index is 662.